The summed E-state index contributed by atoms with van der Waals surface area (Å²) in [5, 5.41) is 12.5. The third-order valence-electron chi connectivity index (χ3n) is 6.70. The molecule has 1 saturated heterocycles. The minimum atomic E-state index is -1.24. The molecule has 0 radical (unpaired) electrons. The first-order chi connectivity index (χ1) is 14.4. The lowest BCUT2D eigenvalue weighted by Gasteiger charge is -2.35. The highest BCUT2D eigenvalue weighted by Gasteiger charge is 2.46. The SMILES string of the molecule is CCN1CCN(c2ccc(S(=O)[C@@H]3CC[C@@H](C(=O)NC4(C#N)CC4)C3)c(Cl)c2)CC1. The Morgan fingerprint density at radius 3 is 2.63 bits per heavy atom. The minimum Gasteiger partial charge on any atom is -0.369 e. The van der Waals surface area contributed by atoms with Gasteiger partial charge in [0.1, 0.15) is 5.54 Å². The average molecular weight is 449 g/mol. The van der Waals surface area contributed by atoms with Crippen molar-refractivity contribution in [3.8, 4) is 6.07 Å². The van der Waals surface area contributed by atoms with Gasteiger partial charge in [-0.05, 0) is 56.8 Å². The summed E-state index contributed by atoms with van der Waals surface area (Å²) in [5.74, 6) is -0.237. The molecule has 0 aromatic heterocycles. The molecule has 162 valence electrons. The van der Waals surface area contributed by atoms with Gasteiger partial charge in [-0.1, -0.05) is 18.5 Å². The van der Waals surface area contributed by atoms with Crippen molar-refractivity contribution in [2.24, 2.45) is 5.92 Å². The Kier molecular flexibility index (Phi) is 6.38. The van der Waals surface area contributed by atoms with Crippen LogP contribution in [-0.2, 0) is 15.6 Å². The van der Waals surface area contributed by atoms with Gasteiger partial charge in [0.2, 0.25) is 5.91 Å². The summed E-state index contributed by atoms with van der Waals surface area (Å²) in [4.78, 5) is 17.9. The third-order valence-corrected chi connectivity index (χ3v) is 8.95. The van der Waals surface area contributed by atoms with Gasteiger partial charge in [0, 0.05) is 43.0 Å². The van der Waals surface area contributed by atoms with Gasteiger partial charge in [-0.15, -0.1) is 0 Å². The molecular weight excluding hydrogens is 420 g/mol. The maximum atomic E-state index is 13.2. The van der Waals surface area contributed by atoms with Gasteiger partial charge in [-0.25, -0.2) is 0 Å². The summed E-state index contributed by atoms with van der Waals surface area (Å²) in [7, 11) is -1.24. The van der Waals surface area contributed by atoms with Crippen molar-refractivity contribution in [3.05, 3.63) is 23.2 Å². The standard InChI is InChI=1S/C22H29ClN4O2S/c1-2-26-9-11-27(12-10-26)17-4-6-20(19(23)14-17)30(29)18-5-3-16(13-18)21(28)25-22(15-24)7-8-22/h4,6,14,16,18H,2-3,5,7-13H2,1H3,(H,25,28)/t16-,18-,30?/m1/s1. The Morgan fingerprint density at radius 1 is 1.30 bits per heavy atom. The van der Waals surface area contributed by atoms with Crippen molar-refractivity contribution < 1.29 is 9.00 Å². The zero-order chi connectivity index (χ0) is 21.3. The molecule has 1 amide bonds. The van der Waals surface area contributed by atoms with E-state index in [0.29, 0.717) is 22.8 Å². The molecule has 3 fully saturated rings. The fourth-order valence-corrected chi connectivity index (χ4v) is 6.42. The van der Waals surface area contributed by atoms with Gasteiger partial charge in [0.15, 0.2) is 0 Å². The molecular formula is C22H29ClN4O2S. The summed E-state index contributed by atoms with van der Waals surface area (Å²) in [6.45, 7) is 7.28. The van der Waals surface area contributed by atoms with Crippen LogP contribution in [0.4, 0.5) is 5.69 Å². The van der Waals surface area contributed by atoms with E-state index in [9.17, 15) is 14.3 Å². The topological polar surface area (TPSA) is 76.4 Å². The highest BCUT2D eigenvalue weighted by Crippen LogP contribution is 2.38. The van der Waals surface area contributed by atoms with Gasteiger partial charge in [-0.2, -0.15) is 5.26 Å². The number of nitrogens with one attached hydrogen (secondary N) is 1. The second-order valence-corrected chi connectivity index (χ2v) is 10.8. The molecule has 1 aromatic carbocycles. The predicted molar refractivity (Wildman–Crippen MR) is 119 cm³/mol. The van der Waals surface area contributed by atoms with Crippen LogP contribution in [0.5, 0.6) is 0 Å². The minimum absolute atomic E-state index is 0.0683. The molecule has 3 atom stereocenters. The zero-order valence-corrected chi connectivity index (χ0v) is 19.0. The van der Waals surface area contributed by atoms with Gasteiger partial charge in [0.05, 0.1) is 26.8 Å². The van der Waals surface area contributed by atoms with Gasteiger partial charge < -0.3 is 15.1 Å². The van der Waals surface area contributed by atoms with E-state index in [1.165, 1.54) is 0 Å². The first-order valence-electron chi connectivity index (χ1n) is 10.9. The van der Waals surface area contributed by atoms with Gasteiger partial charge in [-0.3, -0.25) is 9.00 Å². The average Bonchev–Trinajstić information content (AvgIpc) is 3.36. The lowest BCUT2D eigenvalue weighted by atomic mass is 10.1. The van der Waals surface area contributed by atoms with Crippen molar-refractivity contribution >= 4 is 34.0 Å². The number of rotatable bonds is 6. The van der Waals surface area contributed by atoms with Crippen LogP contribution in [0.2, 0.25) is 5.02 Å². The zero-order valence-electron chi connectivity index (χ0n) is 17.4. The first-order valence-corrected chi connectivity index (χ1v) is 12.4. The Morgan fingerprint density at radius 2 is 2.03 bits per heavy atom. The Labute approximate surface area is 186 Å². The van der Waals surface area contributed by atoms with Crippen molar-refractivity contribution in [1.29, 1.82) is 5.26 Å². The van der Waals surface area contributed by atoms with Gasteiger partial charge >= 0.3 is 0 Å². The van der Waals surface area contributed by atoms with Crippen LogP contribution in [-0.4, -0.2) is 58.5 Å². The fourth-order valence-electron chi connectivity index (χ4n) is 4.45. The molecule has 30 heavy (non-hydrogen) atoms. The highest BCUT2D eigenvalue weighted by molar-refractivity contribution is 7.85. The van der Waals surface area contributed by atoms with Crippen LogP contribution in [0.1, 0.15) is 39.0 Å². The Bertz CT molecular complexity index is 874. The first kappa shape index (κ1) is 21.6. The monoisotopic (exact) mass is 448 g/mol. The van der Waals surface area contributed by atoms with Crippen molar-refractivity contribution in [2.75, 3.05) is 37.6 Å². The van der Waals surface area contributed by atoms with E-state index in [2.05, 4.69) is 28.1 Å². The highest BCUT2D eigenvalue weighted by atomic mass is 35.5. The fraction of sp³-hybridized carbons (Fsp3) is 0.636. The van der Waals surface area contributed by atoms with Crippen LogP contribution in [0.25, 0.3) is 0 Å². The Balaban J connectivity index is 1.37. The lowest BCUT2D eigenvalue weighted by Crippen LogP contribution is -2.46. The molecule has 1 unspecified atom stereocenters. The third kappa shape index (κ3) is 4.51. The van der Waals surface area contributed by atoms with Gasteiger partial charge in [0.25, 0.3) is 0 Å². The van der Waals surface area contributed by atoms with Crippen molar-refractivity contribution in [1.82, 2.24) is 10.2 Å². The van der Waals surface area contributed by atoms with E-state index in [-0.39, 0.29) is 17.1 Å². The molecule has 1 N–H and O–H groups in total. The normalized spacial score (nSPS) is 26.8. The lowest BCUT2D eigenvalue weighted by molar-refractivity contribution is -0.125. The maximum Gasteiger partial charge on any atom is 0.224 e. The molecule has 1 aliphatic heterocycles. The van der Waals surface area contributed by atoms with Crippen LogP contribution < -0.4 is 10.2 Å². The van der Waals surface area contributed by atoms with Crippen LogP contribution >= 0.6 is 11.6 Å². The number of hydrogen-bond acceptors (Lipinski definition) is 5. The number of nitrogens with zero attached hydrogens (tertiary/aromatic N) is 3. The smallest absolute Gasteiger partial charge is 0.224 e. The Hall–Kier alpha value is -1.62. The number of benzene rings is 1. The second kappa shape index (κ2) is 8.86. The number of anilines is 1. The van der Waals surface area contributed by atoms with E-state index >= 15 is 0 Å². The summed E-state index contributed by atoms with van der Waals surface area (Å²) in [6, 6.07) is 8.03. The number of carbonyl (C=O) groups excluding carboxylic acids is 1. The van der Waals surface area contributed by atoms with Crippen LogP contribution in [0.15, 0.2) is 23.1 Å². The quantitative estimate of drug-likeness (QED) is 0.724. The van der Waals surface area contributed by atoms with E-state index < -0.39 is 16.3 Å². The molecule has 6 nitrogen and oxygen atoms in total. The molecule has 3 aliphatic rings. The van der Waals surface area contributed by atoms with Crippen molar-refractivity contribution in [2.45, 2.75) is 54.7 Å². The number of nitriles is 1. The second-order valence-electron chi connectivity index (χ2n) is 8.65. The summed E-state index contributed by atoms with van der Waals surface area (Å²) in [5.41, 5.74) is 0.433. The number of amides is 1. The number of carbonyl (C=O) groups is 1. The molecule has 0 bridgehead atoms. The molecule has 2 saturated carbocycles. The largest absolute Gasteiger partial charge is 0.369 e. The van der Waals surface area contributed by atoms with Crippen LogP contribution in [0, 0.1) is 17.2 Å². The number of likely N-dealkylation sites (N-methyl/N-ethyl adjacent to an activating group) is 1. The summed E-state index contributed by atoms with van der Waals surface area (Å²) < 4.78 is 13.2. The molecule has 2 aliphatic carbocycles. The predicted octanol–water partition coefficient (Wildman–Crippen LogP) is 2.93. The maximum absolute atomic E-state index is 13.2. The van der Waals surface area contributed by atoms with Crippen molar-refractivity contribution in [3.63, 3.8) is 0 Å². The molecule has 1 aromatic rings. The number of halogens is 1. The molecule has 1 heterocycles. The van der Waals surface area contributed by atoms with Crippen LogP contribution in [0.3, 0.4) is 0 Å². The number of hydrogen-bond donors (Lipinski definition) is 1. The summed E-state index contributed by atoms with van der Waals surface area (Å²) in [6.07, 6.45) is 3.49. The van der Waals surface area contributed by atoms with E-state index in [1.807, 2.05) is 18.2 Å². The molecule has 8 heteroatoms. The van der Waals surface area contributed by atoms with E-state index in [0.717, 1.165) is 57.7 Å². The van der Waals surface area contributed by atoms with E-state index in [1.54, 1.807) is 0 Å². The molecule has 4 rings (SSSR count). The molecule has 0 spiro atoms. The van der Waals surface area contributed by atoms with E-state index in [4.69, 9.17) is 11.6 Å². The summed E-state index contributed by atoms with van der Waals surface area (Å²) >= 11 is 6.55. The number of piperazine rings is 1.